The van der Waals surface area contributed by atoms with E-state index < -0.39 is 23.6 Å². The van der Waals surface area contributed by atoms with Crippen LogP contribution in [-0.2, 0) is 15.8 Å². The summed E-state index contributed by atoms with van der Waals surface area (Å²) >= 11 is 0.915. The Balaban J connectivity index is 2.24. The normalized spacial score (nSPS) is 15.7. The van der Waals surface area contributed by atoms with Crippen molar-refractivity contribution < 1.29 is 22.8 Å². The second-order valence-corrected chi connectivity index (χ2v) is 5.28. The van der Waals surface area contributed by atoms with Gasteiger partial charge in [0.25, 0.3) is 5.91 Å². The number of anilines is 1. The van der Waals surface area contributed by atoms with Gasteiger partial charge < -0.3 is 10.6 Å². The lowest BCUT2D eigenvalue weighted by Gasteiger charge is -2.19. The summed E-state index contributed by atoms with van der Waals surface area (Å²) in [5.74, 6) is 1.01. The molecule has 0 fully saturated rings. The van der Waals surface area contributed by atoms with Crippen molar-refractivity contribution in [2.24, 2.45) is 0 Å². The fraction of sp³-hybridized carbons (Fsp3) is 0.143. The smallest absolute Gasteiger partial charge is 0.342 e. The number of fused-ring (bicyclic) bond motifs is 1. The zero-order valence-electron chi connectivity index (χ0n) is 11.0. The monoisotopic (exact) mass is 326 g/mol. The molecule has 2 amide bonds. The third-order valence-electron chi connectivity index (χ3n) is 2.63. The minimum atomic E-state index is -4.49. The van der Waals surface area contributed by atoms with E-state index in [2.05, 4.69) is 16.6 Å². The summed E-state index contributed by atoms with van der Waals surface area (Å²) in [4.78, 5) is 23.8. The van der Waals surface area contributed by atoms with Gasteiger partial charge in [-0.1, -0.05) is 17.7 Å². The van der Waals surface area contributed by atoms with Crippen LogP contribution in [0.1, 0.15) is 5.56 Å². The number of alkyl halides is 3. The number of hydrogen-bond donors (Lipinski definition) is 2. The van der Waals surface area contributed by atoms with Gasteiger partial charge in [0.2, 0.25) is 5.91 Å². The molecule has 0 unspecified atom stereocenters. The predicted octanol–water partition coefficient (Wildman–Crippen LogP) is 2.38. The Kier molecular flexibility index (Phi) is 4.47. The Morgan fingerprint density at radius 3 is 2.82 bits per heavy atom. The van der Waals surface area contributed by atoms with Gasteiger partial charge in [0.15, 0.2) is 0 Å². The lowest BCUT2D eigenvalue weighted by molar-refractivity contribution is -0.137. The molecule has 2 rings (SSSR count). The van der Waals surface area contributed by atoms with Gasteiger partial charge in [-0.25, -0.2) is 0 Å². The summed E-state index contributed by atoms with van der Waals surface area (Å²) in [6.07, 6.45) is 1.55. The topological polar surface area (TPSA) is 58.2 Å². The van der Waals surface area contributed by atoms with Crippen LogP contribution in [0.5, 0.6) is 0 Å². The van der Waals surface area contributed by atoms with Crippen LogP contribution >= 0.6 is 11.8 Å². The van der Waals surface area contributed by atoms with Crippen molar-refractivity contribution in [3.8, 4) is 12.3 Å². The fourth-order valence-electron chi connectivity index (χ4n) is 1.64. The number of halogens is 3. The molecule has 0 saturated heterocycles. The first-order chi connectivity index (χ1) is 10.3. The molecule has 1 aromatic rings. The van der Waals surface area contributed by atoms with E-state index >= 15 is 0 Å². The number of carbonyl (C=O) groups is 2. The van der Waals surface area contributed by atoms with E-state index in [-0.39, 0.29) is 17.1 Å². The maximum Gasteiger partial charge on any atom is 0.416 e. The molecule has 0 spiro atoms. The Labute approximate surface area is 128 Å². The number of rotatable bonds is 2. The zero-order valence-corrected chi connectivity index (χ0v) is 11.8. The number of thioether (sulfide) groups is 1. The van der Waals surface area contributed by atoms with Crippen molar-refractivity contribution in [3.63, 3.8) is 0 Å². The van der Waals surface area contributed by atoms with Crippen LogP contribution in [-0.4, -0.2) is 18.4 Å². The summed E-state index contributed by atoms with van der Waals surface area (Å²) in [5, 5.41) is 4.70. The average Bonchev–Trinajstić information content (AvgIpc) is 2.44. The van der Waals surface area contributed by atoms with Crippen molar-refractivity contribution in [2.45, 2.75) is 11.1 Å². The SMILES string of the molecule is C#CCNC(=O)/C=C1\Sc2ccc(C(F)(F)F)cc2NC1=O. The quantitative estimate of drug-likeness (QED) is 0.648. The van der Waals surface area contributed by atoms with E-state index in [1.165, 1.54) is 6.07 Å². The molecular weight excluding hydrogens is 317 g/mol. The second-order valence-electron chi connectivity index (χ2n) is 4.20. The van der Waals surface area contributed by atoms with E-state index in [0.29, 0.717) is 4.90 Å². The molecule has 114 valence electrons. The third kappa shape index (κ3) is 3.62. The van der Waals surface area contributed by atoms with E-state index in [1.807, 2.05) is 0 Å². The molecule has 8 heteroatoms. The van der Waals surface area contributed by atoms with E-state index in [1.54, 1.807) is 0 Å². The molecule has 0 atom stereocenters. The van der Waals surface area contributed by atoms with E-state index in [4.69, 9.17) is 6.42 Å². The molecule has 0 aromatic heterocycles. The second kappa shape index (κ2) is 6.15. The van der Waals surface area contributed by atoms with E-state index in [9.17, 15) is 22.8 Å². The number of carbonyl (C=O) groups excluding carboxylic acids is 2. The Morgan fingerprint density at radius 2 is 2.18 bits per heavy atom. The molecular formula is C14H9F3N2O2S. The van der Waals surface area contributed by atoms with Gasteiger partial charge in [0, 0.05) is 11.0 Å². The average molecular weight is 326 g/mol. The van der Waals surface area contributed by atoms with Crippen LogP contribution in [0, 0.1) is 12.3 Å². The molecule has 4 nitrogen and oxygen atoms in total. The van der Waals surface area contributed by atoms with Gasteiger partial charge in [0.05, 0.1) is 22.7 Å². The number of benzene rings is 1. The summed E-state index contributed by atoms with van der Waals surface area (Å²) in [7, 11) is 0. The molecule has 1 heterocycles. The van der Waals surface area contributed by atoms with Crippen LogP contribution in [0.4, 0.5) is 18.9 Å². The largest absolute Gasteiger partial charge is 0.416 e. The standard InChI is InChI=1S/C14H9F3N2O2S/c1-2-5-18-12(20)7-11-13(21)19-9-6-8(14(15,16)17)3-4-10(9)22-11/h1,3-4,6-7H,5H2,(H,18,20)(H,19,21)/b11-7-. The first-order valence-electron chi connectivity index (χ1n) is 5.94. The predicted molar refractivity (Wildman–Crippen MR) is 75.9 cm³/mol. The molecule has 2 N–H and O–H groups in total. The van der Waals surface area contributed by atoms with Crippen molar-refractivity contribution in [2.75, 3.05) is 11.9 Å². The first kappa shape index (κ1) is 16.0. The minimum absolute atomic E-state index is 0.0143. The van der Waals surface area contributed by atoms with Crippen molar-refractivity contribution in [1.29, 1.82) is 0 Å². The van der Waals surface area contributed by atoms with Gasteiger partial charge in [-0.2, -0.15) is 13.2 Å². The van der Waals surface area contributed by atoms with Crippen LogP contribution < -0.4 is 10.6 Å². The molecule has 1 aliphatic heterocycles. The third-order valence-corrected chi connectivity index (χ3v) is 3.72. The van der Waals surface area contributed by atoms with Gasteiger partial charge in [0.1, 0.15) is 0 Å². The van der Waals surface area contributed by atoms with Crippen LogP contribution in [0.15, 0.2) is 34.1 Å². The van der Waals surface area contributed by atoms with Crippen molar-refractivity contribution in [1.82, 2.24) is 5.32 Å². The molecule has 0 bridgehead atoms. The summed E-state index contributed by atoms with van der Waals surface area (Å²) < 4.78 is 37.9. The van der Waals surface area contributed by atoms with Crippen LogP contribution in [0.2, 0.25) is 0 Å². The molecule has 22 heavy (non-hydrogen) atoms. The highest BCUT2D eigenvalue weighted by atomic mass is 32.2. The maximum atomic E-state index is 12.6. The number of amides is 2. The minimum Gasteiger partial charge on any atom is -0.342 e. The van der Waals surface area contributed by atoms with Crippen LogP contribution in [0.25, 0.3) is 0 Å². The molecule has 1 aromatic carbocycles. The van der Waals surface area contributed by atoms with Gasteiger partial charge >= 0.3 is 6.18 Å². The number of terminal acetylenes is 1. The highest BCUT2D eigenvalue weighted by molar-refractivity contribution is 8.04. The fourth-order valence-corrected chi connectivity index (χ4v) is 2.55. The van der Waals surface area contributed by atoms with Gasteiger partial charge in [-0.05, 0) is 18.2 Å². The lowest BCUT2D eigenvalue weighted by Crippen LogP contribution is -2.24. The maximum absolute atomic E-state index is 12.6. The van der Waals surface area contributed by atoms with Crippen LogP contribution in [0.3, 0.4) is 0 Å². The number of hydrogen-bond acceptors (Lipinski definition) is 3. The van der Waals surface area contributed by atoms with Gasteiger partial charge in [-0.15, -0.1) is 6.42 Å². The van der Waals surface area contributed by atoms with Gasteiger partial charge in [-0.3, -0.25) is 9.59 Å². The molecule has 0 radical (unpaired) electrons. The molecule has 0 saturated carbocycles. The Morgan fingerprint density at radius 1 is 1.45 bits per heavy atom. The zero-order chi connectivity index (χ0) is 16.3. The van der Waals surface area contributed by atoms with E-state index in [0.717, 1.165) is 30.0 Å². The molecule has 1 aliphatic rings. The highest BCUT2D eigenvalue weighted by Gasteiger charge is 2.32. The highest BCUT2D eigenvalue weighted by Crippen LogP contribution is 2.41. The Bertz CT molecular complexity index is 705. The summed E-state index contributed by atoms with van der Waals surface area (Å²) in [6.45, 7) is 0.0143. The summed E-state index contributed by atoms with van der Waals surface area (Å²) in [6, 6.07) is 3.02. The first-order valence-corrected chi connectivity index (χ1v) is 6.76. The molecule has 0 aliphatic carbocycles. The number of nitrogens with one attached hydrogen (secondary N) is 2. The van der Waals surface area contributed by atoms with Crippen molar-refractivity contribution in [3.05, 3.63) is 34.7 Å². The Hall–Kier alpha value is -2.40. The summed E-state index contributed by atoms with van der Waals surface area (Å²) in [5.41, 5.74) is -0.794. The van der Waals surface area contributed by atoms with Crippen molar-refractivity contribution >= 4 is 29.3 Å². The lowest BCUT2D eigenvalue weighted by atomic mass is 10.2.